The van der Waals surface area contributed by atoms with Crippen molar-refractivity contribution < 1.29 is 14.3 Å². The van der Waals surface area contributed by atoms with Crippen molar-refractivity contribution in [3.05, 3.63) is 12.2 Å². The number of rotatable bonds is 3. The van der Waals surface area contributed by atoms with Crippen LogP contribution >= 0.6 is 0 Å². The average Bonchev–Trinajstić information content (AvgIpc) is 2.41. The molecule has 1 aliphatic rings. The molecular weight excluding hydrogens is 180 g/mol. The molecule has 0 spiro atoms. The molecule has 3 heteroatoms. The summed E-state index contributed by atoms with van der Waals surface area (Å²) in [5.41, 5.74) is 0.378. The zero-order chi connectivity index (χ0) is 10.8. The molecule has 0 aliphatic carbocycles. The highest BCUT2D eigenvalue weighted by Crippen LogP contribution is 2.29. The van der Waals surface area contributed by atoms with Gasteiger partial charge in [-0.3, -0.25) is 0 Å². The summed E-state index contributed by atoms with van der Waals surface area (Å²) in [6.07, 6.45) is 0.941. The molecule has 0 saturated carbocycles. The number of carbonyl (C=O) groups excluding carboxylic acids is 1. The van der Waals surface area contributed by atoms with Crippen molar-refractivity contribution in [2.75, 3.05) is 13.2 Å². The summed E-state index contributed by atoms with van der Waals surface area (Å²) < 4.78 is 10.6. The van der Waals surface area contributed by atoms with Gasteiger partial charge in [-0.1, -0.05) is 6.58 Å². The van der Waals surface area contributed by atoms with Gasteiger partial charge in [-0.15, -0.1) is 0 Å². The van der Waals surface area contributed by atoms with Crippen molar-refractivity contribution in [1.29, 1.82) is 0 Å². The fourth-order valence-electron chi connectivity index (χ4n) is 1.58. The first kappa shape index (κ1) is 11.2. The highest BCUT2D eigenvalue weighted by atomic mass is 16.5. The fraction of sp³-hybridized carbons (Fsp3) is 0.727. The minimum Gasteiger partial charge on any atom is -0.462 e. The van der Waals surface area contributed by atoms with E-state index in [4.69, 9.17) is 9.47 Å². The SMILES string of the molecule is C=C(C)C(=O)OCC1COC(C)(C)C1. The molecule has 0 bridgehead atoms. The van der Waals surface area contributed by atoms with Crippen molar-refractivity contribution in [1.82, 2.24) is 0 Å². The van der Waals surface area contributed by atoms with Crippen LogP contribution in [0.25, 0.3) is 0 Å². The van der Waals surface area contributed by atoms with Gasteiger partial charge in [0.25, 0.3) is 0 Å². The summed E-state index contributed by atoms with van der Waals surface area (Å²) >= 11 is 0. The van der Waals surface area contributed by atoms with Crippen molar-refractivity contribution in [3.8, 4) is 0 Å². The highest BCUT2D eigenvalue weighted by molar-refractivity contribution is 5.86. The molecule has 0 aromatic rings. The zero-order valence-corrected chi connectivity index (χ0v) is 9.13. The molecule has 0 aromatic carbocycles. The maximum Gasteiger partial charge on any atom is 0.333 e. The summed E-state index contributed by atoms with van der Waals surface area (Å²) in [7, 11) is 0. The fourth-order valence-corrected chi connectivity index (χ4v) is 1.58. The van der Waals surface area contributed by atoms with Crippen LogP contribution in [0.15, 0.2) is 12.2 Å². The average molecular weight is 198 g/mol. The first-order chi connectivity index (χ1) is 6.41. The van der Waals surface area contributed by atoms with Crippen LogP contribution in [0.2, 0.25) is 0 Å². The van der Waals surface area contributed by atoms with Crippen molar-refractivity contribution in [2.45, 2.75) is 32.8 Å². The van der Waals surface area contributed by atoms with E-state index in [9.17, 15) is 4.79 Å². The van der Waals surface area contributed by atoms with E-state index in [2.05, 4.69) is 6.58 Å². The van der Waals surface area contributed by atoms with Crippen LogP contribution in [-0.2, 0) is 14.3 Å². The molecule has 0 N–H and O–H groups in total. The van der Waals surface area contributed by atoms with Gasteiger partial charge in [0.05, 0.1) is 18.8 Å². The molecule has 1 rings (SSSR count). The van der Waals surface area contributed by atoms with E-state index in [-0.39, 0.29) is 11.6 Å². The van der Waals surface area contributed by atoms with E-state index in [1.807, 2.05) is 13.8 Å². The second-order valence-electron chi connectivity index (χ2n) is 4.52. The van der Waals surface area contributed by atoms with Crippen molar-refractivity contribution in [2.24, 2.45) is 5.92 Å². The Labute approximate surface area is 85.1 Å². The summed E-state index contributed by atoms with van der Waals surface area (Å²) in [5, 5.41) is 0. The number of hydrogen-bond donors (Lipinski definition) is 0. The number of hydrogen-bond acceptors (Lipinski definition) is 3. The molecule has 1 unspecified atom stereocenters. The van der Waals surface area contributed by atoms with E-state index < -0.39 is 0 Å². The first-order valence-electron chi connectivity index (χ1n) is 4.87. The monoisotopic (exact) mass is 198 g/mol. The van der Waals surface area contributed by atoms with Gasteiger partial charge < -0.3 is 9.47 Å². The van der Waals surface area contributed by atoms with Gasteiger partial charge in [0, 0.05) is 11.5 Å². The lowest BCUT2D eigenvalue weighted by Crippen LogP contribution is -2.18. The van der Waals surface area contributed by atoms with Gasteiger partial charge in [-0.05, 0) is 27.2 Å². The Morgan fingerprint density at radius 1 is 1.64 bits per heavy atom. The molecule has 1 aliphatic heterocycles. The van der Waals surface area contributed by atoms with Crippen molar-refractivity contribution >= 4 is 5.97 Å². The third kappa shape index (κ3) is 3.14. The molecule has 0 amide bonds. The largest absolute Gasteiger partial charge is 0.462 e. The second-order valence-corrected chi connectivity index (χ2v) is 4.52. The summed E-state index contributed by atoms with van der Waals surface area (Å²) in [4.78, 5) is 11.1. The molecule has 80 valence electrons. The predicted octanol–water partition coefficient (Wildman–Crippen LogP) is 1.92. The molecular formula is C11H18O3. The minimum atomic E-state index is -0.310. The van der Waals surface area contributed by atoms with Crippen LogP contribution in [-0.4, -0.2) is 24.8 Å². The van der Waals surface area contributed by atoms with Gasteiger partial charge in [0.15, 0.2) is 0 Å². The molecule has 0 aromatic heterocycles. The number of esters is 1. The topological polar surface area (TPSA) is 35.5 Å². The Bertz CT molecular complexity index is 243. The normalized spacial score (nSPS) is 24.6. The molecule has 14 heavy (non-hydrogen) atoms. The summed E-state index contributed by atoms with van der Waals surface area (Å²) in [5.74, 6) is 0.0167. The standard InChI is InChI=1S/C11H18O3/c1-8(2)10(12)13-6-9-5-11(3,4)14-7-9/h9H,1,5-7H2,2-4H3. The lowest BCUT2D eigenvalue weighted by Gasteiger charge is -2.15. The number of carbonyl (C=O) groups is 1. The third-order valence-corrected chi connectivity index (χ3v) is 2.29. The Morgan fingerprint density at radius 3 is 2.71 bits per heavy atom. The lowest BCUT2D eigenvalue weighted by molar-refractivity contribution is -0.140. The van der Waals surface area contributed by atoms with Gasteiger partial charge in [0.1, 0.15) is 0 Å². The number of ether oxygens (including phenoxy) is 2. The van der Waals surface area contributed by atoms with Crippen molar-refractivity contribution in [3.63, 3.8) is 0 Å². The Balaban J connectivity index is 2.27. The maximum atomic E-state index is 11.1. The van der Waals surface area contributed by atoms with Crippen LogP contribution in [0, 0.1) is 5.92 Å². The molecule has 0 radical (unpaired) electrons. The second kappa shape index (κ2) is 4.13. The molecule has 1 heterocycles. The Kier molecular flexibility index (Phi) is 3.32. The van der Waals surface area contributed by atoms with Gasteiger partial charge in [0.2, 0.25) is 0 Å². The quantitative estimate of drug-likeness (QED) is 0.513. The molecule has 1 atom stereocenters. The summed E-state index contributed by atoms with van der Waals surface area (Å²) in [6, 6.07) is 0. The van der Waals surface area contributed by atoms with E-state index in [1.54, 1.807) is 6.92 Å². The maximum absolute atomic E-state index is 11.1. The van der Waals surface area contributed by atoms with E-state index in [0.717, 1.165) is 6.42 Å². The highest BCUT2D eigenvalue weighted by Gasteiger charge is 2.32. The predicted molar refractivity (Wildman–Crippen MR) is 53.9 cm³/mol. The van der Waals surface area contributed by atoms with Gasteiger partial charge >= 0.3 is 5.97 Å². The van der Waals surface area contributed by atoms with E-state index in [0.29, 0.717) is 24.7 Å². The Hall–Kier alpha value is -0.830. The van der Waals surface area contributed by atoms with E-state index in [1.165, 1.54) is 0 Å². The zero-order valence-electron chi connectivity index (χ0n) is 9.13. The smallest absolute Gasteiger partial charge is 0.333 e. The van der Waals surface area contributed by atoms with Crippen LogP contribution < -0.4 is 0 Å². The van der Waals surface area contributed by atoms with E-state index >= 15 is 0 Å². The van der Waals surface area contributed by atoms with Crippen LogP contribution in [0.1, 0.15) is 27.2 Å². The summed E-state index contributed by atoms with van der Waals surface area (Å²) in [6.45, 7) is 10.4. The lowest BCUT2D eigenvalue weighted by atomic mass is 9.99. The Morgan fingerprint density at radius 2 is 2.29 bits per heavy atom. The van der Waals surface area contributed by atoms with Crippen LogP contribution in [0.4, 0.5) is 0 Å². The van der Waals surface area contributed by atoms with Crippen LogP contribution in [0.3, 0.4) is 0 Å². The first-order valence-corrected chi connectivity index (χ1v) is 4.87. The minimum absolute atomic E-state index is 0.0691. The third-order valence-electron chi connectivity index (χ3n) is 2.29. The molecule has 1 saturated heterocycles. The molecule has 3 nitrogen and oxygen atoms in total. The van der Waals surface area contributed by atoms with Gasteiger partial charge in [-0.2, -0.15) is 0 Å². The molecule has 1 fully saturated rings. The van der Waals surface area contributed by atoms with Crippen LogP contribution in [0.5, 0.6) is 0 Å². The van der Waals surface area contributed by atoms with Gasteiger partial charge in [-0.25, -0.2) is 4.79 Å².